The molecule has 5 heteroatoms. The predicted molar refractivity (Wildman–Crippen MR) is 138 cm³/mol. The summed E-state index contributed by atoms with van der Waals surface area (Å²) < 4.78 is 0. The molecule has 2 heterocycles. The Labute approximate surface area is 200 Å². The minimum atomic E-state index is 0.645. The zero-order chi connectivity index (χ0) is 22.6. The highest BCUT2D eigenvalue weighted by atomic mass is 35.5. The van der Waals surface area contributed by atoms with E-state index in [-0.39, 0.29) is 0 Å². The van der Waals surface area contributed by atoms with Crippen LogP contribution in [0.2, 0.25) is 5.02 Å². The minimum Gasteiger partial charge on any atom is -0.369 e. The number of aromatic nitrogens is 2. The molecule has 0 spiro atoms. The van der Waals surface area contributed by atoms with Crippen LogP contribution in [0.25, 0.3) is 22.3 Å². The molecule has 1 N–H and O–H groups in total. The molecule has 0 bridgehead atoms. The number of aryl methyl sites for hydroxylation is 1. The smallest absolute Gasteiger partial charge is 0.162 e. The van der Waals surface area contributed by atoms with Crippen LogP contribution in [-0.4, -0.2) is 34.5 Å². The van der Waals surface area contributed by atoms with Crippen molar-refractivity contribution in [3.05, 3.63) is 88.9 Å². The lowest BCUT2D eigenvalue weighted by molar-refractivity contribution is 0.182. The maximum absolute atomic E-state index is 6.07. The first-order valence-electron chi connectivity index (χ1n) is 11.7. The maximum atomic E-state index is 6.07. The summed E-state index contributed by atoms with van der Waals surface area (Å²) in [6, 6.07) is 24.8. The minimum absolute atomic E-state index is 0.645. The standard InChI is InChI=1S/C28H29ClN4/c1-20-5-4-6-22(17-20)19-33-15-13-21(14-16-33)18-30-28-25-7-2-3-8-26(25)31-27(32-28)23-9-11-24(29)12-10-23/h2-12,17,21H,13-16,18-19H2,1H3,(H,30,31,32). The number of likely N-dealkylation sites (tertiary alicyclic amines) is 1. The highest BCUT2D eigenvalue weighted by molar-refractivity contribution is 6.30. The number of hydrogen-bond acceptors (Lipinski definition) is 4. The van der Waals surface area contributed by atoms with Crippen molar-refractivity contribution in [2.75, 3.05) is 25.0 Å². The molecule has 1 aliphatic rings. The lowest BCUT2D eigenvalue weighted by Crippen LogP contribution is -2.35. The summed E-state index contributed by atoms with van der Waals surface area (Å²) in [4.78, 5) is 12.2. The van der Waals surface area contributed by atoms with Gasteiger partial charge in [0.05, 0.1) is 5.52 Å². The fourth-order valence-electron chi connectivity index (χ4n) is 4.60. The molecule has 4 aromatic rings. The number of nitrogens with zero attached hydrogens (tertiary/aromatic N) is 3. The van der Waals surface area contributed by atoms with E-state index >= 15 is 0 Å². The molecule has 0 saturated carbocycles. The number of para-hydroxylation sites is 1. The van der Waals surface area contributed by atoms with E-state index in [2.05, 4.69) is 47.5 Å². The van der Waals surface area contributed by atoms with E-state index in [1.165, 1.54) is 24.0 Å². The van der Waals surface area contributed by atoms with Crippen LogP contribution in [0.4, 0.5) is 5.82 Å². The summed E-state index contributed by atoms with van der Waals surface area (Å²) in [7, 11) is 0. The van der Waals surface area contributed by atoms with Crippen LogP contribution < -0.4 is 5.32 Å². The van der Waals surface area contributed by atoms with Crippen LogP contribution in [-0.2, 0) is 6.54 Å². The SMILES string of the molecule is Cc1cccc(CN2CCC(CNc3nc(-c4ccc(Cl)cc4)nc4ccccc34)CC2)c1. The maximum Gasteiger partial charge on any atom is 0.162 e. The molecule has 0 unspecified atom stereocenters. The lowest BCUT2D eigenvalue weighted by atomic mass is 9.96. The van der Waals surface area contributed by atoms with E-state index in [1.807, 2.05) is 42.5 Å². The molecular formula is C28H29ClN4. The van der Waals surface area contributed by atoms with Crippen molar-refractivity contribution in [3.63, 3.8) is 0 Å². The van der Waals surface area contributed by atoms with Crippen molar-refractivity contribution in [3.8, 4) is 11.4 Å². The van der Waals surface area contributed by atoms with Crippen LogP contribution in [0.15, 0.2) is 72.8 Å². The first-order chi connectivity index (χ1) is 16.1. The molecule has 5 rings (SSSR count). The van der Waals surface area contributed by atoms with Crippen LogP contribution >= 0.6 is 11.6 Å². The van der Waals surface area contributed by atoms with E-state index in [1.54, 1.807) is 0 Å². The molecule has 1 saturated heterocycles. The first kappa shape index (κ1) is 21.9. The summed E-state index contributed by atoms with van der Waals surface area (Å²) in [5.74, 6) is 2.28. The third kappa shape index (κ3) is 5.35. The normalized spacial score (nSPS) is 15.1. The summed E-state index contributed by atoms with van der Waals surface area (Å²) in [6.07, 6.45) is 2.40. The monoisotopic (exact) mass is 456 g/mol. The Balaban J connectivity index is 1.25. The Hall–Kier alpha value is -2.95. The summed E-state index contributed by atoms with van der Waals surface area (Å²) >= 11 is 6.07. The van der Waals surface area contributed by atoms with E-state index in [0.717, 1.165) is 54.3 Å². The van der Waals surface area contributed by atoms with Crippen LogP contribution in [0, 0.1) is 12.8 Å². The Morgan fingerprint density at radius 3 is 2.52 bits per heavy atom. The van der Waals surface area contributed by atoms with E-state index in [9.17, 15) is 0 Å². The molecular weight excluding hydrogens is 428 g/mol. The Bertz CT molecular complexity index is 1230. The highest BCUT2D eigenvalue weighted by Gasteiger charge is 2.20. The van der Waals surface area contributed by atoms with Crippen LogP contribution in [0.1, 0.15) is 24.0 Å². The molecule has 0 atom stereocenters. The van der Waals surface area contributed by atoms with Gasteiger partial charge in [0.25, 0.3) is 0 Å². The van der Waals surface area contributed by atoms with Gasteiger partial charge >= 0.3 is 0 Å². The predicted octanol–water partition coefficient (Wildman–Crippen LogP) is 6.58. The number of nitrogens with one attached hydrogen (secondary N) is 1. The van der Waals surface area contributed by atoms with Gasteiger partial charge in [0, 0.05) is 29.1 Å². The van der Waals surface area contributed by atoms with Gasteiger partial charge in [-0.05, 0) is 80.7 Å². The number of hydrogen-bond donors (Lipinski definition) is 1. The van der Waals surface area contributed by atoms with E-state index < -0.39 is 0 Å². The van der Waals surface area contributed by atoms with Crippen molar-refractivity contribution < 1.29 is 0 Å². The van der Waals surface area contributed by atoms with Crippen LogP contribution in [0.5, 0.6) is 0 Å². The summed E-state index contributed by atoms with van der Waals surface area (Å²) in [5, 5.41) is 5.43. The first-order valence-corrected chi connectivity index (χ1v) is 12.1. The zero-order valence-corrected chi connectivity index (χ0v) is 19.7. The molecule has 1 aromatic heterocycles. The van der Waals surface area contributed by atoms with Gasteiger partial charge in [-0.2, -0.15) is 0 Å². The molecule has 0 amide bonds. The largest absolute Gasteiger partial charge is 0.369 e. The van der Waals surface area contributed by atoms with Crippen LogP contribution in [0.3, 0.4) is 0 Å². The quantitative estimate of drug-likeness (QED) is 0.355. The van der Waals surface area contributed by atoms with Crippen molar-refractivity contribution >= 4 is 28.3 Å². The Kier molecular flexibility index (Phi) is 6.56. The molecule has 0 radical (unpaired) electrons. The molecule has 3 aromatic carbocycles. The Morgan fingerprint density at radius 1 is 0.939 bits per heavy atom. The third-order valence-electron chi connectivity index (χ3n) is 6.46. The topological polar surface area (TPSA) is 41.0 Å². The lowest BCUT2D eigenvalue weighted by Gasteiger charge is -2.32. The number of benzene rings is 3. The van der Waals surface area contributed by atoms with Crippen molar-refractivity contribution in [1.29, 1.82) is 0 Å². The number of halogens is 1. The summed E-state index contributed by atoms with van der Waals surface area (Å²) in [6.45, 7) is 6.42. The van der Waals surface area contributed by atoms with Gasteiger partial charge in [-0.25, -0.2) is 9.97 Å². The van der Waals surface area contributed by atoms with Crippen molar-refractivity contribution in [1.82, 2.24) is 14.9 Å². The van der Waals surface area contributed by atoms with Gasteiger partial charge in [-0.1, -0.05) is 53.6 Å². The van der Waals surface area contributed by atoms with Crippen molar-refractivity contribution in [2.45, 2.75) is 26.3 Å². The molecule has 1 aliphatic heterocycles. The van der Waals surface area contributed by atoms with Gasteiger partial charge in [0.15, 0.2) is 5.82 Å². The van der Waals surface area contributed by atoms with E-state index in [0.29, 0.717) is 10.9 Å². The second-order valence-corrected chi connectivity index (χ2v) is 9.45. The Morgan fingerprint density at radius 2 is 1.73 bits per heavy atom. The van der Waals surface area contributed by atoms with E-state index in [4.69, 9.17) is 21.6 Å². The second-order valence-electron chi connectivity index (χ2n) is 9.01. The molecule has 33 heavy (non-hydrogen) atoms. The van der Waals surface area contributed by atoms with Crippen molar-refractivity contribution in [2.24, 2.45) is 5.92 Å². The summed E-state index contributed by atoms with van der Waals surface area (Å²) in [5.41, 5.74) is 4.67. The fraction of sp³-hybridized carbons (Fsp3) is 0.286. The average molecular weight is 457 g/mol. The second kappa shape index (κ2) is 9.90. The number of piperidine rings is 1. The zero-order valence-electron chi connectivity index (χ0n) is 19.0. The van der Waals surface area contributed by atoms with Gasteiger partial charge in [0.2, 0.25) is 0 Å². The third-order valence-corrected chi connectivity index (χ3v) is 6.71. The molecule has 0 aliphatic carbocycles. The van der Waals surface area contributed by atoms with Gasteiger partial charge in [-0.15, -0.1) is 0 Å². The van der Waals surface area contributed by atoms with Gasteiger partial charge in [0.1, 0.15) is 5.82 Å². The highest BCUT2D eigenvalue weighted by Crippen LogP contribution is 2.27. The molecule has 4 nitrogen and oxygen atoms in total. The van der Waals surface area contributed by atoms with Gasteiger partial charge in [-0.3, -0.25) is 4.90 Å². The molecule has 1 fully saturated rings. The fourth-order valence-corrected chi connectivity index (χ4v) is 4.72. The number of fused-ring (bicyclic) bond motifs is 1. The molecule has 168 valence electrons. The van der Waals surface area contributed by atoms with Gasteiger partial charge < -0.3 is 5.32 Å². The number of anilines is 1. The number of rotatable bonds is 6. The average Bonchev–Trinajstić information content (AvgIpc) is 2.84.